The minimum atomic E-state index is -0.618. The molecule has 0 saturated carbocycles. The van der Waals surface area contributed by atoms with Crippen molar-refractivity contribution >= 4 is 35.8 Å². The summed E-state index contributed by atoms with van der Waals surface area (Å²) in [5.41, 5.74) is 5.57. The summed E-state index contributed by atoms with van der Waals surface area (Å²) >= 11 is 0. The first-order valence-electron chi connectivity index (χ1n) is 13.0. The lowest BCUT2D eigenvalue weighted by Crippen LogP contribution is -2.32. The molecule has 9 nitrogen and oxygen atoms in total. The number of hydrogen-bond acceptors (Lipinski definition) is 7. The highest BCUT2D eigenvalue weighted by Gasteiger charge is 2.15. The van der Waals surface area contributed by atoms with Crippen LogP contribution in [0.5, 0.6) is 11.5 Å². The number of benzene rings is 4. The van der Waals surface area contributed by atoms with Crippen molar-refractivity contribution in [2.24, 2.45) is 5.10 Å². The van der Waals surface area contributed by atoms with E-state index in [-0.39, 0.29) is 11.4 Å². The Hall–Kier alpha value is -5.70. The number of carbonyl (C=O) groups is 3. The third-order valence-electron chi connectivity index (χ3n) is 6.03. The Balaban J connectivity index is 1.49. The molecule has 9 heteroatoms. The Morgan fingerprint density at radius 3 is 2.00 bits per heavy atom. The molecule has 0 aromatic heterocycles. The van der Waals surface area contributed by atoms with Crippen molar-refractivity contribution in [2.45, 2.75) is 0 Å². The van der Waals surface area contributed by atoms with Gasteiger partial charge in [0, 0.05) is 25.3 Å². The van der Waals surface area contributed by atoms with Crippen molar-refractivity contribution in [1.29, 1.82) is 0 Å². The predicted molar refractivity (Wildman–Crippen MR) is 163 cm³/mol. The van der Waals surface area contributed by atoms with Gasteiger partial charge in [-0.3, -0.25) is 9.59 Å². The monoisotopic (exact) mass is 562 g/mol. The Bertz CT molecular complexity index is 1600. The third kappa shape index (κ3) is 7.92. The molecule has 0 aliphatic rings. The zero-order chi connectivity index (χ0) is 29.9. The maximum atomic E-state index is 13.1. The van der Waals surface area contributed by atoms with Crippen molar-refractivity contribution in [3.8, 4) is 11.5 Å². The molecule has 0 bridgehead atoms. The van der Waals surface area contributed by atoms with E-state index >= 15 is 0 Å². The lowest BCUT2D eigenvalue weighted by Gasteiger charge is -2.13. The summed E-state index contributed by atoms with van der Waals surface area (Å²) in [6, 6.07) is 29.6. The van der Waals surface area contributed by atoms with Gasteiger partial charge in [-0.2, -0.15) is 5.10 Å². The van der Waals surface area contributed by atoms with E-state index in [0.717, 1.165) is 5.69 Å². The van der Waals surface area contributed by atoms with Crippen LogP contribution in [0, 0.1) is 0 Å². The van der Waals surface area contributed by atoms with E-state index in [2.05, 4.69) is 15.8 Å². The van der Waals surface area contributed by atoms with Gasteiger partial charge in [0.1, 0.15) is 5.70 Å². The fourth-order valence-electron chi connectivity index (χ4n) is 3.79. The molecule has 2 amide bonds. The minimum Gasteiger partial charge on any atom is -0.493 e. The molecule has 4 aromatic carbocycles. The molecule has 0 heterocycles. The van der Waals surface area contributed by atoms with Crippen molar-refractivity contribution < 1.29 is 23.9 Å². The molecule has 212 valence electrons. The summed E-state index contributed by atoms with van der Waals surface area (Å²) in [4.78, 5) is 40.3. The van der Waals surface area contributed by atoms with Crippen LogP contribution in [0.3, 0.4) is 0 Å². The summed E-state index contributed by atoms with van der Waals surface area (Å²) in [5, 5.41) is 6.73. The van der Waals surface area contributed by atoms with Crippen LogP contribution in [0.1, 0.15) is 31.8 Å². The highest BCUT2D eigenvalue weighted by Crippen LogP contribution is 2.28. The zero-order valence-electron chi connectivity index (χ0n) is 23.4. The smallest absolute Gasteiger partial charge is 0.343 e. The van der Waals surface area contributed by atoms with Gasteiger partial charge >= 0.3 is 5.97 Å². The number of esters is 1. The summed E-state index contributed by atoms with van der Waals surface area (Å²) in [5.74, 6) is -1.02. The summed E-state index contributed by atoms with van der Waals surface area (Å²) in [6.07, 6.45) is 2.98. The molecule has 42 heavy (non-hydrogen) atoms. The molecular weight excluding hydrogens is 532 g/mol. The van der Waals surface area contributed by atoms with Crippen molar-refractivity contribution in [1.82, 2.24) is 10.7 Å². The average molecular weight is 563 g/mol. The topological polar surface area (TPSA) is 109 Å². The number of nitrogens with zero attached hydrogens (tertiary/aromatic N) is 2. The first-order chi connectivity index (χ1) is 20.3. The first-order valence-corrected chi connectivity index (χ1v) is 13.0. The number of hydrazone groups is 1. The van der Waals surface area contributed by atoms with Crippen LogP contribution >= 0.6 is 0 Å². The molecule has 0 aliphatic heterocycles. The van der Waals surface area contributed by atoms with E-state index in [0.29, 0.717) is 28.0 Å². The van der Waals surface area contributed by atoms with Crippen LogP contribution in [0.4, 0.5) is 5.69 Å². The molecule has 0 fully saturated rings. The number of amides is 2. The highest BCUT2D eigenvalue weighted by atomic mass is 16.6. The molecule has 2 N–H and O–H groups in total. The second-order valence-electron chi connectivity index (χ2n) is 9.23. The van der Waals surface area contributed by atoms with E-state index in [9.17, 15) is 14.4 Å². The fraction of sp³-hybridized carbons (Fsp3) is 0.0909. The Morgan fingerprint density at radius 2 is 1.38 bits per heavy atom. The zero-order valence-corrected chi connectivity index (χ0v) is 23.4. The maximum Gasteiger partial charge on any atom is 0.343 e. The minimum absolute atomic E-state index is 0.0133. The SMILES string of the molecule is COc1cc(C=NNC(=O)/C(=C/c2ccc(N(C)C)cc2)NC(=O)c2ccccc2)ccc1OC(=O)c1ccccc1. The normalized spacial score (nSPS) is 11.1. The van der Waals surface area contributed by atoms with Crippen LogP contribution in [0.2, 0.25) is 0 Å². The van der Waals surface area contributed by atoms with E-state index in [1.807, 2.05) is 49.3 Å². The number of nitrogens with one attached hydrogen (secondary N) is 2. The number of ether oxygens (including phenoxy) is 2. The van der Waals surface area contributed by atoms with Gasteiger partial charge in [0.15, 0.2) is 11.5 Å². The number of anilines is 1. The van der Waals surface area contributed by atoms with E-state index in [1.54, 1.807) is 78.9 Å². The molecule has 0 spiro atoms. The van der Waals surface area contributed by atoms with Gasteiger partial charge in [-0.25, -0.2) is 10.2 Å². The number of methoxy groups -OCH3 is 1. The van der Waals surface area contributed by atoms with Crippen LogP contribution in [-0.4, -0.2) is 45.2 Å². The molecule has 4 aromatic rings. The van der Waals surface area contributed by atoms with Gasteiger partial charge in [0.25, 0.3) is 11.8 Å². The van der Waals surface area contributed by atoms with Gasteiger partial charge in [0.05, 0.1) is 18.9 Å². The number of rotatable bonds is 10. The second kappa shape index (κ2) is 14.1. The van der Waals surface area contributed by atoms with Crippen molar-refractivity contribution in [3.05, 3.63) is 131 Å². The van der Waals surface area contributed by atoms with Gasteiger partial charge in [-0.1, -0.05) is 48.5 Å². The summed E-state index contributed by atoms with van der Waals surface area (Å²) in [6.45, 7) is 0. The molecule has 0 unspecified atom stereocenters. The van der Waals surface area contributed by atoms with Crippen LogP contribution in [0.25, 0.3) is 6.08 Å². The standard InChI is InChI=1S/C33H30N4O5/c1-37(2)27-17-14-23(15-18-27)20-28(35-31(38)25-10-6-4-7-11-25)32(39)36-34-22-24-16-19-29(30(21-24)41-3)42-33(40)26-12-8-5-9-13-26/h4-22H,1-3H3,(H,35,38)(H,36,39)/b28-20-,34-22?. The summed E-state index contributed by atoms with van der Waals surface area (Å²) < 4.78 is 10.9. The molecule has 0 aliphatic carbocycles. The molecule has 4 rings (SSSR count). The lowest BCUT2D eigenvalue weighted by molar-refractivity contribution is -0.117. The fourth-order valence-corrected chi connectivity index (χ4v) is 3.79. The number of carbonyl (C=O) groups excluding carboxylic acids is 3. The predicted octanol–water partition coefficient (Wildman–Crippen LogP) is 4.90. The average Bonchev–Trinajstić information content (AvgIpc) is 3.02. The van der Waals surface area contributed by atoms with Gasteiger partial charge in [-0.05, 0) is 71.8 Å². The van der Waals surface area contributed by atoms with Crippen LogP contribution in [-0.2, 0) is 4.79 Å². The van der Waals surface area contributed by atoms with Gasteiger partial charge < -0.3 is 19.7 Å². The summed E-state index contributed by atoms with van der Waals surface area (Å²) in [7, 11) is 5.32. The molecular formula is C33H30N4O5. The van der Waals surface area contributed by atoms with E-state index in [1.165, 1.54) is 13.3 Å². The van der Waals surface area contributed by atoms with E-state index in [4.69, 9.17) is 9.47 Å². The second-order valence-corrected chi connectivity index (χ2v) is 9.23. The molecule has 0 atom stereocenters. The molecule has 0 saturated heterocycles. The first kappa shape index (κ1) is 29.3. The van der Waals surface area contributed by atoms with E-state index < -0.39 is 17.8 Å². The highest BCUT2D eigenvalue weighted by molar-refractivity contribution is 6.05. The maximum absolute atomic E-state index is 13.1. The van der Waals surface area contributed by atoms with Crippen molar-refractivity contribution in [3.63, 3.8) is 0 Å². The van der Waals surface area contributed by atoms with Gasteiger partial charge in [-0.15, -0.1) is 0 Å². The number of hydrogen-bond donors (Lipinski definition) is 2. The Morgan fingerprint density at radius 1 is 0.762 bits per heavy atom. The van der Waals surface area contributed by atoms with Crippen LogP contribution in [0.15, 0.2) is 114 Å². The Kier molecular flexibility index (Phi) is 9.82. The Labute approximate surface area is 244 Å². The van der Waals surface area contributed by atoms with Gasteiger partial charge in [0.2, 0.25) is 0 Å². The van der Waals surface area contributed by atoms with Crippen molar-refractivity contribution in [2.75, 3.05) is 26.1 Å². The quantitative estimate of drug-likeness (QED) is 0.0936. The lowest BCUT2D eigenvalue weighted by atomic mass is 10.1. The van der Waals surface area contributed by atoms with Crippen LogP contribution < -0.4 is 25.1 Å². The molecule has 0 radical (unpaired) electrons. The third-order valence-corrected chi connectivity index (χ3v) is 6.03. The largest absolute Gasteiger partial charge is 0.493 e.